The highest BCUT2D eigenvalue weighted by molar-refractivity contribution is 7.99. The van der Waals surface area contributed by atoms with E-state index < -0.39 is 5.76 Å². The van der Waals surface area contributed by atoms with Crippen molar-refractivity contribution in [1.29, 1.82) is 0 Å². The van der Waals surface area contributed by atoms with Crippen molar-refractivity contribution in [1.82, 2.24) is 10.1 Å². The van der Waals surface area contributed by atoms with E-state index in [9.17, 15) is 4.79 Å². The molecule has 0 bridgehead atoms. The monoisotopic (exact) mass is 229 g/mol. The summed E-state index contributed by atoms with van der Waals surface area (Å²) in [7, 11) is 0. The second kappa shape index (κ2) is 4.40. The van der Waals surface area contributed by atoms with Gasteiger partial charge in [-0.3, -0.25) is 9.51 Å². The summed E-state index contributed by atoms with van der Waals surface area (Å²) >= 11 is 1.96. The number of nitrogens with two attached hydrogens (primary N) is 1. The highest BCUT2D eigenvalue weighted by atomic mass is 32.2. The van der Waals surface area contributed by atoms with Crippen molar-refractivity contribution >= 4 is 11.8 Å². The van der Waals surface area contributed by atoms with Crippen LogP contribution in [0.25, 0.3) is 0 Å². The van der Waals surface area contributed by atoms with Gasteiger partial charge in [0.1, 0.15) is 0 Å². The Labute approximate surface area is 91.8 Å². The number of nitrogens with one attached hydrogen (secondary N) is 1. The third kappa shape index (κ3) is 2.43. The molecule has 6 heteroatoms. The maximum atomic E-state index is 10.8. The largest absolute Gasteiger partial charge is 0.438 e. The summed E-state index contributed by atoms with van der Waals surface area (Å²) in [5.74, 6) is 2.41. The van der Waals surface area contributed by atoms with Gasteiger partial charge < -0.3 is 5.73 Å². The van der Waals surface area contributed by atoms with E-state index in [1.807, 2.05) is 11.8 Å². The number of aromatic amines is 1. The molecule has 0 atom stereocenters. The minimum absolute atomic E-state index is 0.102. The quantitative estimate of drug-likeness (QED) is 0.782. The molecule has 5 nitrogen and oxygen atoms in total. The number of thioether (sulfide) groups is 1. The fraction of sp³-hybridized carbons (Fsp3) is 0.778. The molecule has 1 aliphatic heterocycles. The SMILES string of the molecule is NCC1(Cc2noc(=O)[nH]2)CCSCC1. The molecule has 1 aliphatic rings. The van der Waals surface area contributed by atoms with Crippen LogP contribution >= 0.6 is 11.8 Å². The van der Waals surface area contributed by atoms with E-state index in [2.05, 4.69) is 14.7 Å². The maximum absolute atomic E-state index is 10.8. The molecule has 0 aromatic carbocycles. The minimum atomic E-state index is -0.484. The number of H-pyrrole nitrogens is 1. The molecule has 1 saturated heterocycles. The predicted molar refractivity (Wildman–Crippen MR) is 58.9 cm³/mol. The molecule has 2 rings (SSSR count). The molecule has 1 aromatic rings. The molecule has 0 unspecified atom stereocenters. The lowest BCUT2D eigenvalue weighted by molar-refractivity contribution is 0.259. The molecule has 3 N–H and O–H groups in total. The third-order valence-electron chi connectivity index (χ3n) is 3.01. The topological polar surface area (TPSA) is 84.9 Å². The lowest BCUT2D eigenvalue weighted by atomic mass is 9.79. The lowest BCUT2D eigenvalue weighted by Gasteiger charge is -2.34. The fourth-order valence-corrected chi connectivity index (χ4v) is 3.31. The van der Waals surface area contributed by atoms with Crippen LogP contribution in [0.5, 0.6) is 0 Å². The number of hydrogen-bond donors (Lipinski definition) is 2. The molecular weight excluding hydrogens is 214 g/mol. The average Bonchev–Trinajstić information content (AvgIpc) is 2.65. The van der Waals surface area contributed by atoms with Crippen LogP contribution in [0, 0.1) is 5.41 Å². The Balaban J connectivity index is 2.09. The van der Waals surface area contributed by atoms with E-state index in [1.165, 1.54) is 0 Å². The van der Waals surface area contributed by atoms with E-state index in [0.717, 1.165) is 30.8 Å². The van der Waals surface area contributed by atoms with Crippen molar-refractivity contribution in [3.05, 3.63) is 16.4 Å². The summed E-state index contributed by atoms with van der Waals surface area (Å²) in [5.41, 5.74) is 5.94. The molecule has 0 aliphatic carbocycles. The van der Waals surface area contributed by atoms with Crippen LogP contribution < -0.4 is 11.5 Å². The van der Waals surface area contributed by atoms with Crippen LogP contribution in [-0.2, 0) is 6.42 Å². The van der Waals surface area contributed by atoms with Crippen LogP contribution in [0.3, 0.4) is 0 Å². The molecule has 0 amide bonds. The first-order chi connectivity index (χ1) is 7.24. The summed E-state index contributed by atoms with van der Waals surface area (Å²) in [6.07, 6.45) is 2.89. The molecular formula is C9H15N3O2S. The summed E-state index contributed by atoms with van der Waals surface area (Å²) in [6.45, 7) is 0.641. The first-order valence-electron chi connectivity index (χ1n) is 5.07. The minimum Gasteiger partial charge on any atom is -0.330 e. The van der Waals surface area contributed by atoms with E-state index in [-0.39, 0.29) is 5.41 Å². The summed E-state index contributed by atoms with van der Waals surface area (Å²) < 4.78 is 4.49. The van der Waals surface area contributed by atoms with Crippen LogP contribution in [0.2, 0.25) is 0 Å². The summed E-state index contributed by atoms with van der Waals surface area (Å²) in [4.78, 5) is 13.4. The van der Waals surface area contributed by atoms with Crippen LogP contribution in [0.1, 0.15) is 18.7 Å². The lowest BCUT2D eigenvalue weighted by Crippen LogP contribution is -2.36. The Bertz CT molecular complexity index is 367. The van der Waals surface area contributed by atoms with Crippen molar-refractivity contribution in [3.63, 3.8) is 0 Å². The van der Waals surface area contributed by atoms with Crippen LogP contribution in [0.4, 0.5) is 0 Å². The zero-order valence-electron chi connectivity index (χ0n) is 8.49. The molecule has 2 heterocycles. The van der Waals surface area contributed by atoms with Gasteiger partial charge in [-0.15, -0.1) is 0 Å². The fourth-order valence-electron chi connectivity index (χ4n) is 1.95. The number of nitrogens with zero attached hydrogens (tertiary/aromatic N) is 1. The molecule has 0 radical (unpaired) electrons. The first-order valence-corrected chi connectivity index (χ1v) is 6.22. The van der Waals surface area contributed by atoms with Gasteiger partial charge in [-0.25, -0.2) is 4.79 Å². The number of aromatic nitrogens is 2. The molecule has 15 heavy (non-hydrogen) atoms. The van der Waals surface area contributed by atoms with Gasteiger partial charge in [0, 0.05) is 6.42 Å². The molecule has 84 valence electrons. The molecule has 0 spiro atoms. The smallest absolute Gasteiger partial charge is 0.330 e. The summed E-state index contributed by atoms with van der Waals surface area (Å²) in [5, 5.41) is 3.70. The number of rotatable bonds is 3. The van der Waals surface area contributed by atoms with E-state index in [1.54, 1.807) is 0 Å². The van der Waals surface area contributed by atoms with Gasteiger partial charge in [0.05, 0.1) is 0 Å². The molecule has 1 fully saturated rings. The Morgan fingerprint density at radius 2 is 2.27 bits per heavy atom. The van der Waals surface area contributed by atoms with Crippen molar-refractivity contribution in [2.24, 2.45) is 11.1 Å². The van der Waals surface area contributed by atoms with Crippen molar-refractivity contribution in [2.45, 2.75) is 19.3 Å². The molecule has 0 saturated carbocycles. The van der Waals surface area contributed by atoms with Gasteiger partial charge in [0.25, 0.3) is 0 Å². The normalized spacial score (nSPS) is 20.3. The Hall–Kier alpha value is -0.750. The van der Waals surface area contributed by atoms with Gasteiger partial charge in [-0.2, -0.15) is 11.8 Å². The van der Waals surface area contributed by atoms with Crippen LogP contribution in [0.15, 0.2) is 9.32 Å². The zero-order chi connectivity index (χ0) is 10.7. The number of hydrogen-bond acceptors (Lipinski definition) is 5. The Kier molecular flexibility index (Phi) is 3.16. The zero-order valence-corrected chi connectivity index (χ0v) is 9.31. The third-order valence-corrected chi connectivity index (χ3v) is 4.00. The van der Waals surface area contributed by atoms with Gasteiger partial charge >= 0.3 is 5.76 Å². The second-order valence-electron chi connectivity index (χ2n) is 4.03. The summed E-state index contributed by atoms with van der Waals surface area (Å²) in [6, 6.07) is 0. The molecule has 1 aromatic heterocycles. The maximum Gasteiger partial charge on any atom is 0.438 e. The highest BCUT2D eigenvalue weighted by Gasteiger charge is 2.32. The van der Waals surface area contributed by atoms with Crippen molar-refractivity contribution in [2.75, 3.05) is 18.1 Å². The van der Waals surface area contributed by atoms with E-state index >= 15 is 0 Å². The van der Waals surface area contributed by atoms with Crippen LogP contribution in [-0.4, -0.2) is 28.2 Å². The van der Waals surface area contributed by atoms with Gasteiger partial charge in [0.15, 0.2) is 5.82 Å². The van der Waals surface area contributed by atoms with E-state index in [4.69, 9.17) is 5.73 Å². The van der Waals surface area contributed by atoms with Gasteiger partial charge in [0.2, 0.25) is 0 Å². The Morgan fingerprint density at radius 3 is 2.80 bits per heavy atom. The van der Waals surface area contributed by atoms with Gasteiger partial charge in [-0.05, 0) is 36.3 Å². The first kappa shape index (κ1) is 10.8. The highest BCUT2D eigenvalue weighted by Crippen LogP contribution is 2.36. The standard InChI is InChI=1S/C9H15N3O2S/c10-6-9(1-3-15-4-2-9)5-7-11-8(13)14-12-7/h1-6,10H2,(H,11,12,13). The van der Waals surface area contributed by atoms with E-state index in [0.29, 0.717) is 12.4 Å². The average molecular weight is 229 g/mol. The second-order valence-corrected chi connectivity index (χ2v) is 5.26. The van der Waals surface area contributed by atoms with Crippen molar-refractivity contribution in [3.8, 4) is 0 Å². The van der Waals surface area contributed by atoms with Gasteiger partial charge in [-0.1, -0.05) is 5.16 Å². The Morgan fingerprint density at radius 1 is 1.53 bits per heavy atom. The van der Waals surface area contributed by atoms with Crippen molar-refractivity contribution < 1.29 is 4.52 Å². The predicted octanol–water partition coefficient (Wildman–Crippen LogP) is 0.377.